The van der Waals surface area contributed by atoms with E-state index >= 15 is 0 Å². The highest BCUT2D eigenvalue weighted by Crippen LogP contribution is 2.22. The number of rotatable bonds is 2. The second-order valence-electron chi connectivity index (χ2n) is 4.65. The summed E-state index contributed by atoms with van der Waals surface area (Å²) in [5, 5.41) is 1.17. The second kappa shape index (κ2) is 5.90. The Morgan fingerprint density at radius 1 is 1.30 bits per heavy atom. The maximum Gasteiger partial charge on any atom is 0.252 e. The molecule has 1 aliphatic rings. The predicted octanol–water partition coefficient (Wildman–Crippen LogP) is 3.00. The van der Waals surface area contributed by atoms with Crippen molar-refractivity contribution in [2.24, 2.45) is 4.99 Å². The van der Waals surface area contributed by atoms with E-state index in [1.807, 2.05) is 45.2 Å². The van der Waals surface area contributed by atoms with Gasteiger partial charge in [0, 0.05) is 30.6 Å². The molecule has 1 aromatic carbocycles. The maximum atomic E-state index is 12.0. The van der Waals surface area contributed by atoms with Crippen molar-refractivity contribution < 1.29 is 4.79 Å². The number of H-pyrrole nitrogens is 1. The molecule has 0 aliphatic carbocycles. The van der Waals surface area contributed by atoms with Gasteiger partial charge in [-0.3, -0.25) is 9.79 Å². The lowest BCUT2D eigenvalue weighted by Gasteiger charge is -2.09. The Morgan fingerprint density at radius 2 is 2.00 bits per heavy atom. The Balaban J connectivity index is 0.000000704. The van der Waals surface area contributed by atoms with Crippen molar-refractivity contribution in [1.29, 1.82) is 0 Å². The van der Waals surface area contributed by atoms with E-state index in [0.717, 1.165) is 16.9 Å². The van der Waals surface area contributed by atoms with Crippen LogP contribution in [0.1, 0.15) is 26.3 Å². The average Bonchev–Trinajstić information content (AvgIpc) is 2.99. The van der Waals surface area contributed by atoms with Crippen LogP contribution in [-0.4, -0.2) is 34.7 Å². The van der Waals surface area contributed by atoms with Crippen LogP contribution >= 0.6 is 0 Å². The number of amidine groups is 1. The Bertz CT molecular complexity index is 642. The van der Waals surface area contributed by atoms with E-state index in [4.69, 9.17) is 0 Å². The molecule has 0 fully saturated rings. The molecule has 4 heteroatoms. The lowest BCUT2D eigenvalue weighted by atomic mass is 10.1. The van der Waals surface area contributed by atoms with E-state index in [1.165, 1.54) is 5.39 Å². The van der Waals surface area contributed by atoms with Gasteiger partial charge in [-0.1, -0.05) is 32.0 Å². The van der Waals surface area contributed by atoms with Crippen molar-refractivity contribution in [3.63, 3.8) is 0 Å². The Kier molecular flexibility index (Phi) is 4.23. The van der Waals surface area contributed by atoms with Gasteiger partial charge in [0.15, 0.2) is 0 Å². The first-order valence-corrected chi connectivity index (χ1v) is 7.04. The highest BCUT2D eigenvalue weighted by molar-refractivity contribution is 6.04. The molecule has 0 saturated carbocycles. The predicted molar refractivity (Wildman–Crippen MR) is 83.0 cm³/mol. The van der Waals surface area contributed by atoms with Crippen molar-refractivity contribution in [1.82, 2.24) is 9.88 Å². The van der Waals surface area contributed by atoms with Gasteiger partial charge in [0.05, 0.1) is 0 Å². The van der Waals surface area contributed by atoms with Crippen molar-refractivity contribution in [3.8, 4) is 0 Å². The molecule has 1 atom stereocenters. The number of benzene rings is 1. The summed E-state index contributed by atoms with van der Waals surface area (Å²) < 4.78 is 0. The summed E-state index contributed by atoms with van der Waals surface area (Å²) in [7, 11) is 1.77. The third kappa shape index (κ3) is 2.46. The van der Waals surface area contributed by atoms with Gasteiger partial charge in [0.2, 0.25) is 0 Å². The highest BCUT2D eigenvalue weighted by Gasteiger charge is 2.30. The van der Waals surface area contributed by atoms with Crippen LogP contribution in [0.5, 0.6) is 0 Å². The lowest BCUT2D eigenvalue weighted by Crippen LogP contribution is -2.31. The molecule has 3 rings (SSSR count). The standard InChI is InChI=1S/C14H15N3O.C2H6/c1-9-16-13(14(18)17(9)2)7-10-8-15-12-6-4-3-5-11(10)12;1-2/h3-6,8,13,15H,7H2,1-2H3;1-2H3. The van der Waals surface area contributed by atoms with Gasteiger partial charge in [-0.2, -0.15) is 0 Å². The van der Waals surface area contributed by atoms with E-state index in [9.17, 15) is 4.79 Å². The summed E-state index contributed by atoms with van der Waals surface area (Å²) in [6.45, 7) is 5.87. The van der Waals surface area contributed by atoms with Crippen LogP contribution in [0.2, 0.25) is 0 Å². The van der Waals surface area contributed by atoms with Gasteiger partial charge in [0.25, 0.3) is 5.91 Å². The molecule has 20 heavy (non-hydrogen) atoms. The molecule has 2 aromatic rings. The maximum absolute atomic E-state index is 12.0. The van der Waals surface area contributed by atoms with Crippen LogP contribution in [0.15, 0.2) is 35.5 Å². The number of likely N-dealkylation sites (N-methyl/N-ethyl adjacent to an activating group) is 1. The number of carbonyl (C=O) groups excluding carboxylic acids is 1. The minimum absolute atomic E-state index is 0.0813. The van der Waals surface area contributed by atoms with Crippen LogP contribution in [-0.2, 0) is 11.2 Å². The molecule has 1 amide bonds. The summed E-state index contributed by atoms with van der Waals surface area (Å²) >= 11 is 0. The van der Waals surface area contributed by atoms with E-state index in [2.05, 4.69) is 16.0 Å². The summed E-state index contributed by atoms with van der Waals surface area (Å²) in [6, 6.07) is 7.85. The molecular formula is C16H21N3O. The molecule has 1 unspecified atom stereocenters. The van der Waals surface area contributed by atoms with Crippen LogP contribution in [0.4, 0.5) is 0 Å². The van der Waals surface area contributed by atoms with Crippen LogP contribution in [0.3, 0.4) is 0 Å². The fraction of sp³-hybridized carbons (Fsp3) is 0.375. The topological polar surface area (TPSA) is 48.5 Å². The Labute approximate surface area is 119 Å². The highest BCUT2D eigenvalue weighted by atomic mass is 16.2. The number of nitrogens with zero attached hydrogens (tertiary/aromatic N) is 2. The molecular weight excluding hydrogens is 250 g/mol. The fourth-order valence-corrected chi connectivity index (χ4v) is 2.39. The second-order valence-corrected chi connectivity index (χ2v) is 4.65. The lowest BCUT2D eigenvalue weighted by molar-refractivity contribution is -0.126. The van der Waals surface area contributed by atoms with Gasteiger partial charge in [-0.25, -0.2) is 0 Å². The van der Waals surface area contributed by atoms with E-state index in [-0.39, 0.29) is 11.9 Å². The number of hydrogen-bond donors (Lipinski definition) is 1. The molecule has 2 heterocycles. The minimum atomic E-state index is -0.269. The first-order chi connectivity index (χ1) is 9.66. The summed E-state index contributed by atoms with van der Waals surface area (Å²) in [5.74, 6) is 0.877. The summed E-state index contributed by atoms with van der Waals surface area (Å²) in [4.78, 5) is 21.2. The number of aliphatic imine (C=N–C) groups is 1. The normalized spacial score (nSPS) is 18.0. The van der Waals surface area contributed by atoms with Crippen molar-refractivity contribution in [3.05, 3.63) is 36.0 Å². The number of carbonyl (C=O) groups is 1. The molecule has 1 aromatic heterocycles. The first-order valence-electron chi connectivity index (χ1n) is 7.04. The monoisotopic (exact) mass is 271 g/mol. The number of aromatic nitrogens is 1. The molecule has 4 nitrogen and oxygen atoms in total. The average molecular weight is 271 g/mol. The van der Waals surface area contributed by atoms with Gasteiger partial charge in [-0.15, -0.1) is 0 Å². The van der Waals surface area contributed by atoms with Gasteiger partial charge in [0.1, 0.15) is 11.9 Å². The first kappa shape index (κ1) is 14.3. The summed E-state index contributed by atoms with van der Waals surface area (Å²) in [6.07, 6.45) is 2.63. The van der Waals surface area contributed by atoms with Gasteiger partial charge < -0.3 is 9.88 Å². The van der Waals surface area contributed by atoms with Crippen molar-refractivity contribution in [2.75, 3.05) is 7.05 Å². The SMILES string of the molecule is CC.CC1=NC(Cc2c[nH]c3ccccc23)C(=O)N1C. The number of para-hydroxylation sites is 1. The molecule has 0 saturated heterocycles. The molecule has 0 bridgehead atoms. The quantitative estimate of drug-likeness (QED) is 0.896. The zero-order valence-electron chi connectivity index (χ0n) is 12.5. The van der Waals surface area contributed by atoms with Crippen molar-refractivity contribution >= 4 is 22.6 Å². The molecule has 0 radical (unpaired) electrons. The van der Waals surface area contributed by atoms with E-state index < -0.39 is 0 Å². The van der Waals surface area contributed by atoms with Gasteiger partial charge in [-0.05, 0) is 18.6 Å². The molecule has 1 aliphatic heterocycles. The van der Waals surface area contributed by atoms with E-state index in [0.29, 0.717) is 6.42 Å². The zero-order chi connectivity index (χ0) is 14.7. The third-order valence-corrected chi connectivity index (χ3v) is 3.53. The molecule has 0 spiro atoms. The van der Waals surface area contributed by atoms with Crippen molar-refractivity contribution in [2.45, 2.75) is 33.2 Å². The number of aromatic amines is 1. The van der Waals surface area contributed by atoms with Crippen LogP contribution in [0, 0.1) is 0 Å². The van der Waals surface area contributed by atoms with Crippen LogP contribution < -0.4 is 0 Å². The van der Waals surface area contributed by atoms with E-state index in [1.54, 1.807) is 11.9 Å². The largest absolute Gasteiger partial charge is 0.361 e. The Hall–Kier alpha value is -2.10. The van der Waals surface area contributed by atoms with Gasteiger partial charge >= 0.3 is 0 Å². The number of fused-ring (bicyclic) bond motifs is 1. The molecule has 1 N–H and O–H groups in total. The smallest absolute Gasteiger partial charge is 0.252 e. The fourth-order valence-electron chi connectivity index (χ4n) is 2.39. The zero-order valence-corrected chi connectivity index (χ0v) is 12.5. The summed E-state index contributed by atoms with van der Waals surface area (Å²) in [5.41, 5.74) is 2.25. The third-order valence-electron chi connectivity index (χ3n) is 3.53. The number of hydrogen-bond acceptors (Lipinski definition) is 2. The van der Waals surface area contributed by atoms with Crippen LogP contribution in [0.25, 0.3) is 10.9 Å². The number of nitrogens with one attached hydrogen (secondary N) is 1. The molecule has 106 valence electrons. The Morgan fingerprint density at radius 3 is 2.65 bits per heavy atom. The number of amides is 1. The minimum Gasteiger partial charge on any atom is -0.361 e.